The quantitative estimate of drug-likeness (QED) is 0.390. The molecule has 0 saturated heterocycles. The molecule has 120 valence electrons. The molecule has 23 heavy (non-hydrogen) atoms. The lowest BCUT2D eigenvalue weighted by molar-refractivity contribution is 0.102. The summed E-state index contributed by atoms with van der Waals surface area (Å²) in [6, 6.07) is 7.81. The number of benzene rings is 1. The van der Waals surface area contributed by atoms with Gasteiger partial charge in [-0.25, -0.2) is 0 Å². The lowest BCUT2D eigenvalue weighted by Crippen LogP contribution is -2.05. The summed E-state index contributed by atoms with van der Waals surface area (Å²) < 4.78 is 7.00. The van der Waals surface area contributed by atoms with Crippen LogP contribution in [-0.2, 0) is 11.3 Å². The Morgan fingerprint density at radius 1 is 1.39 bits per heavy atom. The number of aromatic amines is 1. The van der Waals surface area contributed by atoms with Crippen molar-refractivity contribution in [1.82, 2.24) is 19.7 Å². The number of fused-ring (bicyclic) bond motifs is 1. The summed E-state index contributed by atoms with van der Waals surface area (Å²) in [4.78, 5) is 15.6. The van der Waals surface area contributed by atoms with Crippen LogP contribution in [0, 0.1) is 0 Å². The number of thioether (sulfide) groups is 1. The minimum absolute atomic E-state index is 0.0823. The fourth-order valence-electron chi connectivity index (χ4n) is 2.40. The van der Waals surface area contributed by atoms with Crippen LogP contribution in [0.15, 0.2) is 41.9 Å². The number of methoxy groups -OCH3 is 1. The number of rotatable bonds is 8. The van der Waals surface area contributed by atoms with Crippen molar-refractivity contribution in [3.05, 3.63) is 42.4 Å². The fourth-order valence-corrected chi connectivity index (χ4v) is 3.22. The summed E-state index contributed by atoms with van der Waals surface area (Å²) in [5.41, 5.74) is 1.70. The molecule has 0 fully saturated rings. The maximum atomic E-state index is 12.5. The van der Waals surface area contributed by atoms with Gasteiger partial charge in [0.15, 0.2) is 10.9 Å². The van der Waals surface area contributed by atoms with Crippen LogP contribution in [0.4, 0.5) is 0 Å². The first-order valence-electron chi connectivity index (χ1n) is 7.38. The molecule has 3 rings (SSSR count). The zero-order valence-corrected chi connectivity index (χ0v) is 13.7. The van der Waals surface area contributed by atoms with Gasteiger partial charge >= 0.3 is 0 Å². The van der Waals surface area contributed by atoms with E-state index in [1.807, 2.05) is 28.8 Å². The third kappa shape index (κ3) is 3.62. The maximum absolute atomic E-state index is 12.5. The first-order valence-corrected chi connectivity index (χ1v) is 8.37. The van der Waals surface area contributed by atoms with E-state index in [2.05, 4.69) is 15.2 Å². The highest BCUT2D eigenvalue weighted by Crippen LogP contribution is 2.22. The summed E-state index contributed by atoms with van der Waals surface area (Å²) in [5.74, 6) is 0.420. The van der Waals surface area contributed by atoms with E-state index in [9.17, 15) is 4.79 Å². The Morgan fingerprint density at radius 2 is 2.26 bits per heavy atom. The molecule has 0 spiro atoms. The molecule has 0 amide bonds. The molecule has 1 aromatic carbocycles. The number of nitrogens with one attached hydrogen (secondary N) is 1. The van der Waals surface area contributed by atoms with Gasteiger partial charge in [0.05, 0.1) is 5.75 Å². The number of carbonyl (C=O) groups excluding carboxylic acids is 1. The molecule has 0 aliphatic heterocycles. The zero-order chi connectivity index (χ0) is 16.1. The Kier molecular flexibility index (Phi) is 5.09. The summed E-state index contributed by atoms with van der Waals surface area (Å²) in [7, 11) is 1.68. The predicted octanol–water partition coefficient (Wildman–Crippen LogP) is 2.77. The molecule has 3 aromatic rings. The predicted molar refractivity (Wildman–Crippen MR) is 89.9 cm³/mol. The van der Waals surface area contributed by atoms with E-state index in [1.165, 1.54) is 11.8 Å². The highest BCUT2D eigenvalue weighted by molar-refractivity contribution is 7.99. The van der Waals surface area contributed by atoms with Crippen molar-refractivity contribution in [2.75, 3.05) is 19.5 Å². The van der Waals surface area contributed by atoms with Crippen LogP contribution >= 0.6 is 11.8 Å². The number of aromatic nitrogens is 4. The second-order valence-electron chi connectivity index (χ2n) is 5.11. The minimum Gasteiger partial charge on any atom is -0.385 e. The van der Waals surface area contributed by atoms with E-state index in [-0.39, 0.29) is 5.78 Å². The second-order valence-corrected chi connectivity index (χ2v) is 6.06. The van der Waals surface area contributed by atoms with Crippen molar-refractivity contribution in [1.29, 1.82) is 0 Å². The van der Waals surface area contributed by atoms with Gasteiger partial charge in [-0.05, 0) is 12.5 Å². The average Bonchev–Trinajstić information content (AvgIpc) is 3.19. The van der Waals surface area contributed by atoms with E-state index in [0.717, 1.165) is 34.6 Å². The van der Waals surface area contributed by atoms with Crippen LogP contribution in [0.5, 0.6) is 0 Å². The molecule has 0 unspecified atom stereocenters. The Labute approximate surface area is 138 Å². The minimum atomic E-state index is 0.0823. The first-order chi connectivity index (χ1) is 11.3. The Bertz CT molecular complexity index is 796. The molecular formula is C16H18N4O2S. The number of hydrogen-bond donors (Lipinski definition) is 1. The van der Waals surface area contributed by atoms with Crippen LogP contribution in [0.25, 0.3) is 10.9 Å². The van der Waals surface area contributed by atoms with E-state index < -0.39 is 0 Å². The average molecular weight is 330 g/mol. The number of ketones is 1. The molecular weight excluding hydrogens is 312 g/mol. The lowest BCUT2D eigenvalue weighted by atomic mass is 10.1. The highest BCUT2D eigenvalue weighted by atomic mass is 32.2. The molecule has 0 radical (unpaired) electrons. The summed E-state index contributed by atoms with van der Waals surface area (Å²) in [6.45, 7) is 1.47. The molecule has 2 heterocycles. The van der Waals surface area contributed by atoms with Crippen LogP contribution in [0.1, 0.15) is 16.8 Å². The molecule has 6 nitrogen and oxygen atoms in total. The number of aryl methyl sites for hydroxylation is 1. The molecule has 0 atom stereocenters. The van der Waals surface area contributed by atoms with Gasteiger partial charge in [-0.3, -0.25) is 4.79 Å². The van der Waals surface area contributed by atoms with Crippen molar-refractivity contribution in [3.63, 3.8) is 0 Å². The van der Waals surface area contributed by atoms with Gasteiger partial charge < -0.3 is 14.3 Å². The van der Waals surface area contributed by atoms with Crippen molar-refractivity contribution in [2.24, 2.45) is 0 Å². The fraction of sp³-hybridized carbons (Fsp3) is 0.312. The third-order valence-corrected chi connectivity index (χ3v) is 4.53. The Morgan fingerprint density at radius 3 is 3.13 bits per heavy atom. The number of carbonyl (C=O) groups is 1. The van der Waals surface area contributed by atoms with Crippen molar-refractivity contribution in [3.8, 4) is 0 Å². The third-order valence-electron chi connectivity index (χ3n) is 3.55. The van der Waals surface area contributed by atoms with Crippen molar-refractivity contribution >= 4 is 28.4 Å². The van der Waals surface area contributed by atoms with Gasteiger partial charge in [-0.1, -0.05) is 30.0 Å². The van der Waals surface area contributed by atoms with Gasteiger partial charge in [0.1, 0.15) is 6.33 Å². The SMILES string of the molecule is COCCCn1cnnc1SCC(=O)c1c[nH]c2ccccc12. The summed E-state index contributed by atoms with van der Waals surface area (Å²) >= 11 is 1.41. The number of hydrogen-bond acceptors (Lipinski definition) is 5. The molecule has 0 aliphatic carbocycles. The highest BCUT2D eigenvalue weighted by Gasteiger charge is 2.14. The largest absolute Gasteiger partial charge is 0.385 e. The first kappa shape index (κ1) is 15.8. The standard InChI is InChI=1S/C16H18N4O2S/c1-22-8-4-7-20-11-18-19-16(20)23-10-15(21)13-9-17-14-6-3-2-5-12(13)14/h2-3,5-6,9,11,17H,4,7-8,10H2,1H3. The molecule has 7 heteroatoms. The van der Waals surface area contributed by atoms with Crippen LogP contribution in [0.2, 0.25) is 0 Å². The van der Waals surface area contributed by atoms with Crippen molar-refractivity contribution < 1.29 is 9.53 Å². The van der Waals surface area contributed by atoms with Gasteiger partial charge in [0.2, 0.25) is 0 Å². The molecule has 0 aliphatic rings. The maximum Gasteiger partial charge on any atom is 0.191 e. The normalized spacial score (nSPS) is 11.2. The summed E-state index contributed by atoms with van der Waals surface area (Å²) in [5, 5.41) is 9.73. The van der Waals surface area contributed by atoms with E-state index in [0.29, 0.717) is 12.4 Å². The molecule has 1 N–H and O–H groups in total. The molecule has 0 saturated carbocycles. The number of Topliss-reactive ketones (excluding diaryl/α,β-unsaturated/α-hetero) is 1. The van der Waals surface area contributed by atoms with Gasteiger partial charge in [-0.15, -0.1) is 10.2 Å². The van der Waals surface area contributed by atoms with Crippen LogP contribution < -0.4 is 0 Å². The number of nitrogens with zero attached hydrogens (tertiary/aromatic N) is 3. The molecule has 2 aromatic heterocycles. The van der Waals surface area contributed by atoms with Gasteiger partial charge in [0.25, 0.3) is 0 Å². The summed E-state index contributed by atoms with van der Waals surface area (Å²) in [6.07, 6.45) is 4.35. The van der Waals surface area contributed by atoms with E-state index in [4.69, 9.17) is 4.74 Å². The van der Waals surface area contributed by atoms with Crippen LogP contribution in [-0.4, -0.2) is 45.0 Å². The van der Waals surface area contributed by atoms with Gasteiger partial charge in [0, 0.05) is 42.9 Å². The Hall–Kier alpha value is -2.12. The van der Waals surface area contributed by atoms with E-state index in [1.54, 1.807) is 19.6 Å². The number of para-hydroxylation sites is 1. The smallest absolute Gasteiger partial charge is 0.191 e. The lowest BCUT2D eigenvalue weighted by Gasteiger charge is -2.05. The monoisotopic (exact) mass is 330 g/mol. The second kappa shape index (κ2) is 7.43. The van der Waals surface area contributed by atoms with Gasteiger partial charge in [-0.2, -0.15) is 0 Å². The topological polar surface area (TPSA) is 72.8 Å². The Balaban J connectivity index is 1.64. The number of H-pyrrole nitrogens is 1. The van der Waals surface area contributed by atoms with E-state index >= 15 is 0 Å². The molecule has 0 bridgehead atoms. The van der Waals surface area contributed by atoms with Crippen molar-refractivity contribution in [2.45, 2.75) is 18.1 Å². The number of ether oxygens (including phenoxy) is 1. The zero-order valence-electron chi connectivity index (χ0n) is 12.9. The van der Waals surface area contributed by atoms with Crippen LogP contribution in [0.3, 0.4) is 0 Å².